The lowest BCUT2D eigenvalue weighted by molar-refractivity contribution is 0.0729. The van der Waals surface area contributed by atoms with Crippen LogP contribution in [0.25, 0.3) is 0 Å². The van der Waals surface area contributed by atoms with E-state index >= 15 is 0 Å². The van der Waals surface area contributed by atoms with Gasteiger partial charge in [0.15, 0.2) is 11.5 Å². The predicted molar refractivity (Wildman–Crippen MR) is 181 cm³/mol. The molecule has 0 N–H and O–H groups in total. The van der Waals surface area contributed by atoms with Crippen molar-refractivity contribution in [1.82, 2.24) is 4.90 Å². The van der Waals surface area contributed by atoms with Crippen LogP contribution in [0.2, 0.25) is 0 Å². The van der Waals surface area contributed by atoms with Crippen molar-refractivity contribution in [3.05, 3.63) is 83.4 Å². The zero-order chi connectivity index (χ0) is 31.9. The Kier molecular flexibility index (Phi) is 14.0. The van der Waals surface area contributed by atoms with E-state index in [0.717, 1.165) is 61.8 Å². The molecule has 1 amide bonds. The van der Waals surface area contributed by atoms with Crippen LogP contribution >= 0.6 is 23.5 Å². The van der Waals surface area contributed by atoms with Crippen molar-refractivity contribution < 1.29 is 33.3 Å². The standard InChI is InChI=1S/C35H41NO7S2/c1-3-5-19-40-31-16-11-28(25-32(31)41-20-6-4-2)35(39)43-30-14-9-27(10-15-30)34(38)42-29-12-7-26(8-13-29)33(37)36-17-21-44-23-24-45-22-18-36/h7-16,25H,3-6,17-24H2,1-2H3. The molecule has 3 aromatic carbocycles. The number of thioether (sulfide) groups is 2. The lowest BCUT2D eigenvalue weighted by Crippen LogP contribution is -2.34. The monoisotopic (exact) mass is 651 g/mol. The summed E-state index contributed by atoms with van der Waals surface area (Å²) in [4.78, 5) is 40.6. The van der Waals surface area contributed by atoms with Crippen LogP contribution in [0.4, 0.5) is 0 Å². The molecule has 10 heteroatoms. The fourth-order valence-electron chi connectivity index (χ4n) is 4.35. The summed E-state index contributed by atoms with van der Waals surface area (Å²) in [5, 5.41) is 0. The summed E-state index contributed by atoms with van der Waals surface area (Å²) >= 11 is 3.74. The number of carbonyl (C=O) groups excluding carboxylic acids is 3. The zero-order valence-corrected chi connectivity index (χ0v) is 27.6. The van der Waals surface area contributed by atoms with Gasteiger partial charge in [-0.2, -0.15) is 23.5 Å². The van der Waals surface area contributed by atoms with Crippen molar-refractivity contribution in [3.63, 3.8) is 0 Å². The van der Waals surface area contributed by atoms with Crippen molar-refractivity contribution >= 4 is 41.4 Å². The van der Waals surface area contributed by atoms with Crippen LogP contribution in [0.3, 0.4) is 0 Å². The number of carbonyl (C=O) groups is 3. The minimum Gasteiger partial charge on any atom is -0.490 e. The number of ether oxygens (including phenoxy) is 4. The first-order chi connectivity index (χ1) is 22.0. The summed E-state index contributed by atoms with van der Waals surface area (Å²) in [7, 11) is 0. The Hall–Kier alpha value is -3.63. The van der Waals surface area contributed by atoms with E-state index in [1.165, 1.54) is 12.1 Å². The average Bonchev–Trinajstić information content (AvgIpc) is 3.20. The first-order valence-corrected chi connectivity index (χ1v) is 17.8. The maximum absolute atomic E-state index is 13.0. The first-order valence-electron chi connectivity index (χ1n) is 15.5. The number of hydrogen-bond acceptors (Lipinski definition) is 9. The third-order valence-electron chi connectivity index (χ3n) is 6.97. The second kappa shape index (κ2) is 18.4. The molecule has 0 radical (unpaired) electrons. The molecule has 0 spiro atoms. The molecule has 0 bridgehead atoms. The Morgan fingerprint density at radius 1 is 0.622 bits per heavy atom. The molecule has 240 valence electrons. The van der Waals surface area contributed by atoms with Gasteiger partial charge in [0.2, 0.25) is 0 Å². The minimum atomic E-state index is -0.562. The fraction of sp³-hybridized carbons (Fsp3) is 0.400. The molecule has 1 heterocycles. The number of benzene rings is 3. The Balaban J connectivity index is 1.33. The molecule has 1 saturated heterocycles. The van der Waals surface area contributed by atoms with Crippen LogP contribution in [0.1, 0.15) is 70.6 Å². The quantitative estimate of drug-likeness (QED) is 0.106. The molecule has 0 atom stereocenters. The molecule has 0 unspecified atom stereocenters. The van der Waals surface area contributed by atoms with E-state index in [9.17, 15) is 14.4 Å². The summed E-state index contributed by atoms with van der Waals surface area (Å²) in [6.45, 7) is 6.72. The topological polar surface area (TPSA) is 91.4 Å². The molecule has 45 heavy (non-hydrogen) atoms. The number of nitrogens with zero attached hydrogens (tertiary/aromatic N) is 1. The van der Waals surface area contributed by atoms with Crippen molar-refractivity contribution in [2.75, 3.05) is 49.3 Å². The molecule has 8 nitrogen and oxygen atoms in total. The van der Waals surface area contributed by atoms with Crippen LogP contribution in [-0.2, 0) is 0 Å². The van der Waals surface area contributed by atoms with Gasteiger partial charge in [0.1, 0.15) is 11.5 Å². The van der Waals surface area contributed by atoms with Gasteiger partial charge in [-0.3, -0.25) is 4.79 Å². The second-order valence-electron chi connectivity index (χ2n) is 10.4. The van der Waals surface area contributed by atoms with E-state index in [4.69, 9.17) is 18.9 Å². The van der Waals surface area contributed by atoms with Gasteiger partial charge in [-0.25, -0.2) is 9.59 Å². The van der Waals surface area contributed by atoms with Crippen molar-refractivity contribution in [2.24, 2.45) is 0 Å². The van der Waals surface area contributed by atoms with Crippen LogP contribution < -0.4 is 18.9 Å². The van der Waals surface area contributed by atoms with Gasteiger partial charge in [0, 0.05) is 41.7 Å². The molecule has 1 aliphatic rings. The van der Waals surface area contributed by atoms with E-state index in [1.807, 2.05) is 28.4 Å². The van der Waals surface area contributed by atoms with Gasteiger partial charge in [-0.15, -0.1) is 0 Å². The smallest absolute Gasteiger partial charge is 0.343 e. The SMILES string of the molecule is CCCCOc1ccc(C(=O)Oc2ccc(C(=O)Oc3ccc(C(=O)N4CCSCCSCC4)cc3)cc2)cc1OCCCC. The molecule has 1 aliphatic heterocycles. The highest BCUT2D eigenvalue weighted by atomic mass is 32.2. The van der Waals surface area contributed by atoms with Gasteiger partial charge < -0.3 is 23.8 Å². The lowest BCUT2D eigenvalue weighted by Gasteiger charge is -2.21. The molecule has 0 aromatic heterocycles. The predicted octanol–water partition coefficient (Wildman–Crippen LogP) is 7.41. The van der Waals surface area contributed by atoms with Crippen LogP contribution in [0.5, 0.6) is 23.0 Å². The van der Waals surface area contributed by atoms with E-state index in [-0.39, 0.29) is 11.7 Å². The molecule has 1 fully saturated rings. The van der Waals surface area contributed by atoms with Crippen LogP contribution in [-0.4, -0.2) is 72.1 Å². The van der Waals surface area contributed by atoms with E-state index in [0.29, 0.717) is 47.2 Å². The second-order valence-corrected chi connectivity index (χ2v) is 12.9. The van der Waals surface area contributed by atoms with Crippen LogP contribution in [0, 0.1) is 0 Å². The first kappa shape index (κ1) is 34.2. The van der Waals surface area contributed by atoms with Gasteiger partial charge in [0.25, 0.3) is 5.91 Å². The number of rotatable bonds is 13. The Bertz CT molecular complexity index is 1390. The van der Waals surface area contributed by atoms with Gasteiger partial charge in [0.05, 0.1) is 24.3 Å². The highest BCUT2D eigenvalue weighted by Crippen LogP contribution is 2.30. The molecule has 4 rings (SSSR count). The average molecular weight is 652 g/mol. The molecular weight excluding hydrogens is 611 g/mol. The Morgan fingerprint density at radius 2 is 1.11 bits per heavy atom. The van der Waals surface area contributed by atoms with Crippen molar-refractivity contribution in [2.45, 2.75) is 39.5 Å². The lowest BCUT2D eigenvalue weighted by atomic mass is 10.2. The molecule has 3 aromatic rings. The fourth-order valence-corrected chi connectivity index (χ4v) is 6.40. The number of esters is 2. The van der Waals surface area contributed by atoms with Gasteiger partial charge in [-0.05, 0) is 79.6 Å². The molecule has 0 saturated carbocycles. The summed E-state index contributed by atoms with van der Waals surface area (Å²) in [5.41, 5.74) is 1.18. The maximum Gasteiger partial charge on any atom is 0.343 e. The highest BCUT2D eigenvalue weighted by molar-refractivity contribution is 8.02. The number of hydrogen-bond donors (Lipinski definition) is 0. The Labute approximate surface area is 274 Å². The van der Waals surface area contributed by atoms with Gasteiger partial charge in [-0.1, -0.05) is 26.7 Å². The van der Waals surface area contributed by atoms with E-state index in [1.54, 1.807) is 54.6 Å². The normalized spacial score (nSPS) is 13.6. The summed E-state index contributed by atoms with van der Waals surface area (Å²) < 4.78 is 22.8. The minimum absolute atomic E-state index is 0.0161. The summed E-state index contributed by atoms with van der Waals surface area (Å²) in [5.74, 6) is 4.68. The van der Waals surface area contributed by atoms with E-state index < -0.39 is 11.9 Å². The van der Waals surface area contributed by atoms with Crippen molar-refractivity contribution in [3.8, 4) is 23.0 Å². The maximum atomic E-state index is 13.0. The zero-order valence-electron chi connectivity index (χ0n) is 26.0. The highest BCUT2D eigenvalue weighted by Gasteiger charge is 2.18. The van der Waals surface area contributed by atoms with Gasteiger partial charge >= 0.3 is 11.9 Å². The van der Waals surface area contributed by atoms with Crippen molar-refractivity contribution in [1.29, 1.82) is 0 Å². The number of unbranched alkanes of at least 4 members (excludes halogenated alkanes) is 2. The largest absolute Gasteiger partial charge is 0.490 e. The molecular formula is C35H41NO7S2. The van der Waals surface area contributed by atoms with Crippen LogP contribution in [0.15, 0.2) is 66.7 Å². The third kappa shape index (κ3) is 10.7. The van der Waals surface area contributed by atoms with E-state index in [2.05, 4.69) is 13.8 Å². The Morgan fingerprint density at radius 3 is 1.67 bits per heavy atom. The summed E-state index contributed by atoms with van der Waals surface area (Å²) in [6, 6.07) is 17.8. The third-order valence-corrected chi connectivity index (χ3v) is 9.16. The number of amides is 1. The molecule has 0 aliphatic carbocycles. The summed E-state index contributed by atoms with van der Waals surface area (Å²) in [6.07, 6.45) is 3.81.